The van der Waals surface area contributed by atoms with E-state index in [0.29, 0.717) is 31.0 Å². The monoisotopic (exact) mass is 459 g/mol. The van der Waals surface area contributed by atoms with Gasteiger partial charge >= 0.3 is 0 Å². The van der Waals surface area contributed by atoms with Gasteiger partial charge in [0.2, 0.25) is 0 Å². The highest BCUT2D eigenvalue weighted by atomic mass is 32.1. The zero-order valence-electron chi connectivity index (χ0n) is 18.6. The van der Waals surface area contributed by atoms with Gasteiger partial charge < -0.3 is 20.3 Å². The summed E-state index contributed by atoms with van der Waals surface area (Å²) in [6, 6.07) is 18.1. The standard InChI is InChI=1S/C25H25N5O2S/c1-25(2)13-19-22(23(31)29-25)33-24(28-19)30-10-11-32-21-9-8-18(12-20(21)30)27-15-17(14-26)16-6-4-3-5-7-16/h3-9,12,17,27H,10-11,13,15H2,1-2H3,(H,29,31). The number of ether oxygens (including phenoxy) is 1. The molecule has 5 rings (SSSR count). The molecule has 1 amide bonds. The summed E-state index contributed by atoms with van der Waals surface area (Å²) in [5, 5.41) is 16.9. The summed E-state index contributed by atoms with van der Waals surface area (Å²) in [5.74, 6) is 0.476. The van der Waals surface area contributed by atoms with E-state index in [4.69, 9.17) is 9.72 Å². The minimum atomic E-state index is -0.300. The first-order chi connectivity index (χ1) is 15.9. The third kappa shape index (κ3) is 4.24. The van der Waals surface area contributed by atoms with Crippen molar-refractivity contribution in [1.82, 2.24) is 10.3 Å². The van der Waals surface area contributed by atoms with Crippen LogP contribution in [-0.4, -0.2) is 36.1 Å². The van der Waals surface area contributed by atoms with Crippen LogP contribution in [0.15, 0.2) is 48.5 Å². The van der Waals surface area contributed by atoms with Crippen molar-refractivity contribution in [1.29, 1.82) is 5.26 Å². The molecule has 2 aliphatic rings. The molecule has 0 aliphatic carbocycles. The molecule has 0 radical (unpaired) electrons. The second kappa shape index (κ2) is 8.41. The highest BCUT2D eigenvalue weighted by Gasteiger charge is 2.34. The quantitative estimate of drug-likeness (QED) is 0.586. The summed E-state index contributed by atoms with van der Waals surface area (Å²) in [5.41, 5.74) is 3.35. The van der Waals surface area contributed by atoms with Gasteiger partial charge in [-0.3, -0.25) is 4.79 Å². The second-order valence-electron chi connectivity index (χ2n) is 8.94. The van der Waals surface area contributed by atoms with Crippen molar-refractivity contribution in [2.45, 2.75) is 31.7 Å². The Bertz CT molecular complexity index is 1230. The van der Waals surface area contributed by atoms with E-state index in [9.17, 15) is 10.1 Å². The molecule has 1 unspecified atom stereocenters. The van der Waals surface area contributed by atoms with Crippen molar-refractivity contribution in [3.8, 4) is 11.8 Å². The molecule has 0 fully saturated rings. The van der Waals surface area contributed by atoms with Crippen LogP contribution in [0.2, 0.25) is 0 Å². The minimum Gasteiger partial charge on any atom is -0.490 e. The van der Waals surface area contributed by atoms with Gasteiger partial charge in [-0.25, -0.2) is 4.98 Å². The lowest BCUT2D eigenvalue weighted by Crippen LogP contribution is -2.48. The van der Waals surface area contributed by atoms with E-state index in [1.807, 2.05) is 62.4 Å². The summed E-state index contributed by atoms with van der Waals surface area (Å²) in [6.07, 6.45) is 0.707. The number of thiazole rings is 1. The molecule has 0 spiro atoms. The third-order valence-electron chi connectivity index (χ3n) is 5.87. The number of hydrogen-bond donors (Lipinski definition) is 2. The minimum absolute atomic E-state index is 0.0580. The van der Waals surface area contributed by atoms with Crippen LogP contribution in [-0.2, 0) is 6.42 Å². The molecule has 0 saturated heterocycles. The fraction of sp³-hybridized carbons (Fsp3) is 0.320. The number of hydrogen-bond acceptors (Lipinski definition) is 7. The Morgan fingerprint density at radius 2 is 2.12 bits per heavy atom. The first kappa shape index (κ1) is 21.3. The van der Waals surface area contributed by atoms with Gasteiger partial charge in [0, 0.05) is 24.2 Å². The zero-order chi connectivity index (χ0) is 23.0. The van der Waals surface area contributed by atoms with E-state index in [1.165, 1.54) is 11.3 Å². The SMILES string of the molecule is CC1(C)Cc2nc(N3CCOc4ccc(NCC(C#N)c5ccccc5)cc43)sc2C(=O)N1. The smallest absolute Gasteiger partial charge is 0.263 e. The van der Waals surface area contributed by atoms with Gasteiger partial charge in [-0.15, -0.1) is 0 Å². The molecule has 3 aromatic rings. The van der Waals surface area contributed by atoms with Gasteiger partial charge in [0.05, 0.1) is 29.9 Å². The Labute approximate surface area is 197 Å². The Kier molecular flexibility index (Phi) is 5.43. The number of nitriles is 1. The first-order valence-corrected chi connectivity index (χ1v) is 11.8. The molecule has 1 atom stereocenters. The lowest BCUT2D eigenvalue weighted by molar-refractivity contribution is 0.0901. The summed E-state index contributed by atoms with van der Waals surface area (Å²) in [6.45, 7) is 5.73. The molecule has 0 bridgehead atoms. The van der Waals surface area contributed by atoms with Crippen LogP contribution >= 0.6 is 11.3 Å². The molecule has 2 N–H and O–H groups in total. The van der Waals surface area contributed by atoms with Crippen molar-refractivity contribution in [2.24, 2.45) is 0 Å². The fourth-order valence-corrected chi connectivity index (χ4v) is 5.27. The molecular formula is C25H25N5O2S. The number of carbonyl (C=O) groups is 1. The molecule has 1 aromatic heterocycles. The van der Waals surface area contributed by atoms with Crippen molar-refractivity contribution < 1.29 is 9.53 Å². The maximum atomic E-state index is 12.6. The number of rotatable bonds is 5. The van der Waals surface area contributed by atoms with Crippen molar-refractivity contribution >= 4 is 33.8 Å². The van der Waals surface area contributed by atoms with Crippen molar-refractivity contribution in [2.75, 3.05) is 29.9 Å². The van der Waals surface area contributed by atoms with E-state index in [2.05, 4.69) is 21.6 Å². The van der Waals surface area contributed by atoms with Crippen LogP contribution < -0.4 is 20.3 Å². The lowest BCUT2D eigenvalue weighted by atomic mass is 9.94. The van der Waals surface area contributed by atoms with E-state index >= 15 is 0 Å². The number of fused-ring (bicyclic) bond motifs is 2. The Morgan fingerprint density at radius 3 is 2.91 bits per heavy atom. The number of aromatic nitrogens is 1. The van der Waals surface area contributed by atoms with Crippen LogP contribution in [0.3, 0.4) is 0 Å². The average Bonchev–Trinajstić information content (AvgIpc) is 3.23. The lowest BCUT2D eigenvalue weighted by Gasteiger charge is -2.30. The summed E-state index contributed by atoms with van der Waals surface area (Å²) in [7, 11) is 0. The third-order valence-corrected chi connectivity index (χ3v) is 6.99. The summed E-state index contributed by atoms with van der Waals surface area (Å²) in [4.78, 5) is 20.2. The molecule has 3 heterocycles. The Balaban J connectivity index is 1.40. The van der Waals surface area contributed by atoms with Gasteiger partial charge in [-0.2, -0.15) is 5.26 Å². The molecule has 2 aromatic carbocycles. The molecule has 8 heteroatoms. The van der Waals surface area contributed by atoms with Gasteiger partial charge in [-0.1, -0.05) is 41.7 Å². The van der Waals surface area contributed by atoms with Crippen molar-refractivity contribution in [3.05, 3.63) is 64.7 Å². The molecule has 168 valence electrons. The number of anilines is 3. The van der Waals surface area contributed by atoms with E-state index in [-0.39, 0.29) is 17.4 Å². The van der Waals surface area contributed by atoms with Crippen LogP contribution in [0, 0.1) is 11.3 Å². The number of carbonyl (C=O) groups excluding carboxylic acids is 1. The fourth-order valence-electron chi connectivity index (χ4n) is 4.25. The van der Waals surface area contributed by atoms with Gasteiger partial charge in [-0.05, 0) is 37.6 Å². The van der Waals surface area contributed by atoms with Crippen molar-refractivity contribution in [3.63, 3.8) is 0 Å². The predicted octanol–water partition coefficient (Wildman–Crippen LogP) is 4.46. The molecule has 7 nitrogen and oxygen atoms in total. The Hall–Kier alpha value is -3.57. The van der Waals surface area contributed by atoms with Gasteiger partial charge in [0.1, 0.15) is 17.2 Å². The highest BCUT2D eigenvalue weighted by molar-refractivity contribution is 7.17. The van der Waals surface area contributed by atoms with Gasteiger partial charge in [0.25, 0.3) is 5.91 Å². The van der Waals surface area contributed by atoms with E-state index in [1.54, 1.807) is 0 Å². The van der Waals surface area contributed by atoms with Crippen LogP contribution in [0.1, 0.15) is 40.7 Å². The maximum Gasteiger partial charge on any atom is 0.263 e. The average molecular weight is 460 g/mol. The first-order valence-electron chi connectivity index (χ1n) is 11.0. The number of nitrogens with zero attached hydrogens (tertiary/aromatic N) is 3. The Morgan fingerprint density at radius 1 is 1.30 bits per heavy atom. The second-order valence-corrected chi connectivity index (χ2v) is 9.92. The predicted molar refractivity (Wildman–Crippen MR) is 130 cm³/mol. The molecule has 2 aliphatic heterocycles. The van der Waals surface area contributed by atoms with E-state index in [0.717, 1.165) is 33.5 Å². The summed E-state index contributed by atoms with van der Waals surface area (Å²) >= 11 is 1.42. The molecular weight excluding hydrogens is 434 g/mol. The van der Waals surface area contributed by atoms with Crippen LogP contribution in [0.4, 0.5) is 16.5 Å². The van der Waals surface area contributed by atoms with Gasteiger partial charge in [0.15, 0.2) is 5.13 Å². The van der Waals surface area contributed by atoms with Crippen LogP contribution in [0.25, 0.3) is 0 Å². The topological polar surface area (TPSA) is 90.3 Å². The number of nitrogens with one attached hydrogen (secondary N) is 2. The largest absolute Gasteiger partial charge is 0.490 e. The maximum absolute atomic E-state index is 12.6. The zero-order valence-corrected chi connectivity index (χ0v) is 19.4. The van der Waals surface area contributed by atoms with E-state index < -0.39 is 0 Å². The molecule has 0 saturated carbocycles. The normalized spacial score (nSPS) is 17.1. The summed E-state index contributed by atoms with van der Waals surface area (Å²) < 4.78 is 5.88. The number of amides is 1. The van der Waals surface area contributed by atoms with Crippen LogP contribution in [0.5, 0.6) is 5.75 Å². The molecule has 33 heavy (non-hydrogen) atoms. The highest BCUT2D eigenvalue weighted by Crippen LogP contribution is 2.41. The number of benzene rings is 2.